The predicted octanol–water partition coefficient (Wildman–Crippen LogP) is -4.06. The predicted molar refractivity (Wildman–Crippen MR) is 413 cm³/mol. The largest absolute Gasteiger partial charge is 0.780 e. The number of hydrogen-bond acceptors (Lipinski definition) is 45. The highest BCUT2D eigenvalue weighted by molar-refractivity contribution is 8.32. The molecule has 8 N–H and O–H groups in total. The van der Waals surface area contributed by atoms with E-state index in [1.807, 2.05) is 0 Å². The van der Waals surface area contributed by atoms with E-state index in [2.05, 4.69) is 34.9 Å². The molecule has 5 aliphatic heterocycles. The molecule has 6 aromatic rings. The molecular formula is C65H92N14O37P4S2-4. The van der Waals surface area contributed by atoms with Gasteiger partial charge in [-0.05, 0) is 34.6 Å². The summed E-state index contributed by atoms with van der Waals surface area (Å²) >= 11 is 11.1. The van der Waals surface area contributed by atoms with Crippen molar-refractivity contribution in [3.8, 4) is 0 Å². The van der Waals surface area contributed by atoms with E-state index in [1.165, 1.54) is 80.3 Å². The first-order chi connectivity index (χ1) is 57.9. The Bertz CT molecular complexity index is 5240. The van der Waals surface area contributed by atoms with Crippen LogP contribution < -0.4 is 65.6 Å². The van der Waals surface area contributed by atoms with E-state index >= 15 is 4.89 Å². The first kappa shape index (κ1) is 96.3. The van der Waals surface area contributed by atoms with Crippen molar-refractivity contribution in [2.24, 2.45) is 0 Å². The highest BCUT2D eigenvalue weighted by Gasteiger charge is 2.56. The Labute approximate surface area is 700 Å². The second-order valence-electron chi connectivity index (χ2n) is 27.9. The summed E-state index contributed by atoms with van der Waals surface area (Å²) in [6.45, 7) is -9.65. The Morgan fingerprint density at radius 1 is 0.459 bits per heavy atom. The monoisotopic (exact) mass is 1850 g/mol. The number of hydrogen-bond donors (Lipinski definition) is 6. The van der Waals surface area contributed by atoms with E-state index in [0.717, 1.165) is 43.2 Å². The fourth-order valence-corrected chi connectivity index (χ4v) is 18.4. The average molecular weight is 1850 g/mol. The summed E-state index contributed by atoms with van der Waals surface area (Å²) in [6, 6.07) is 0. The van der Waals surface area contributed by atoms with Crippen LogP contribution in [0.15, 0.2) is 71.0 Å². The van der Waals surface area contributed by atoms with Gasteiger partial charge in [0.1, 0.15) is 110 Å². The molecule has 0 amide bonds. The van der Waals surface area contributed by atoms with Crippen LogP contribution in [0.1, 0.15) is 60.3 Å². The second-order valence-corrected chi connectivity index (χ2v) is 36.0. The van der Waals surface area contributed by atoms with Crippen molar-refractivity contribution in [3.05, 3.63) is 133 Å². The van der Waals surface area contributed by atoms with E-state index in [9.17, 15) is 62.2 Å². The Kier molecular flexibility index (Phi) is 33.2. The van der Waals surface area contributed by atoms with E-state index in [0.29, 0.717) is 5.56 Å². The normalized spacial score (nSPS) is 29.4. The summed E-state index contributed by atoms with van der Waals surface area (Å²) in [5.41, 5.74) is 5.98. The number of aliphatic hydroxyl groups is 1. The zero-order chi connectivity index (χ0) is 88.4. The number of fused-ring (bicyclic) bond motifs is 1. The molecule has 11 heterocycles. The smallest absolute Gasteiger partial charge is 0.351 e. The fraction of sp³-hybridized carbons (Fsp3) is 0.677. The molecule has 0 radical (unpaired) electrons. The number of ether oxygens (including phenoxy) is 15. The molecule has 0 spiro atoms. The van der Waals surface area contributed by atoms with Gasteiger partial charge >= 0.3 is 22.8 Å². The number of phosphoric ester groups is 2. The minimum atomic E-state index is -6.10. The third-order valence-corrected chi connectivity index (χ3v) is 24.6. The van der Waals surface area contributed by atoms with Crippen LogP contribution in [0, 0.1) is 27.7 Å². The van der Waals surface area contributed by atoms with Gasteiger partial charge < -0.3 is 151 Å². The Hall–Kier alpha value is -6.32. The molecule has 5 aliphatic rings. The quantitative estimate of drug-likeness (QED) is 0.0120. The SMILES string of the molecule is COCCO[C@H]1C(OP(=O)([O-])OC[C@H]2O[C@@H](n3cc(C)c(=O)[nH]c3=O)[C@@H](OCCOC)C2OP(=O)([O-])OC[C@H]2O[C@@H](n3cnc4c(N)ncnc43)[C@@H](OCCOC)C2OP([O-])(=S)OC[C@H]2O[C@@H](n3cc(C)c(=O)[nH]c3=O)[C@@H](OCCOC)C2OP(=O)([S-])OC[C@H]2O[C@@H](n3cc(C)c(N)nc3=O)[C@@H](OCCOC)C2O)[C@@H](C)O[C@H]1n1cc(C)c(=O)[nH]c1=O. The molecule has 0 saturated carbocycles. The van der Waals surface area contributed by atoms with E-state index in [4.69, 9.17) is 143 Å². The molecular weight excluding hydrogens is 1760 g/mol. The Morgan fingerprint density at radius 2 is 0.828 bits per heavy atom. The fourth-order valence-electron chi connectivity index (χ4n) is 13.6. The van der Waals surface area contributed by atoms with Crippen LogP contribution >= 0.6 is 29.2 Å². The van der Waals surface area contributed by atoms with Crippen molar-refractivity contribution in [3.63, 3.8) is 0 Å². The lowest BCUT2D eigenvalue weighted by Crippen LogP contribution is -2.43. The number of phosphoric acid groups is 2. The number of imidazole rings is 1. The lowest BCUT2D eigenvalue weighted by atomic mass is 10.1. The van der Waals surface area contributed by atoms with Gasteiger partial charge in [-0.1, -0.05) is 11.8 Å². The number of H-pyrrole nitrogens is 3. The minimum absolute atomic E-state index is 0.0121. The van der Waals surface area contributed by atoms with Gasteiger partial charge in [0.2, 0.25) is 0 Å². The van der Waals surface area contributed by atoms with Crippen molar-refractivity contribution in [1.82, 2.24) is 57.7 Å². The number of aromatic amines is 3. The zero-order valence-corrected chi connectivity index (χ0v) is 72.1. The number of methoxy groups -OCH3 is 5. The maximum Gasteiger partial charge on any atom is 0.351 e. The van der Waals surface area contributed by atoms with Gasteiger partial charge in [-0.3, -0.25) is 65.9 Å². The molecule has 51 nitrogen and oxygen atoms in total. The maximum absolute atomic E-state index is 15.4. The molecule has 9 unspecified atom stereocenters. The topological polar surface area (TPSA) is 648 Å². The average Bonchev–Trinajstić information content (AvgIpc) is 1.43. The number of aliphatic hydroxyl groups excluding tert-OH is 1. The highest BCUT2D eigenvalue weighted by Crippen LogP contribution is 2.55. The van der Waals surface area contributed by atoms with Crippen LogP contribution in [0.2, 0.25) is 0 Å². The number of rotatable bonds is 45. The van der Waals surface area contributed by atoms with Gasteiger partial charge in [0.25, 0.3) is 32.3 Å². The first-order valence-electron chi connectivity index (χ1n) is 37.2. The van der Waals surface area contributed by atoms with Gasteiger partial charge in [-0.2, -0.15) is 4.98 Å². The number of nitrogens with zero attached hydrogens (tertiary/aromatic N) is 9. The van der Waals surface area contributed by atoms with Crippen molar-refractivity contribution >= 4 is 76.0 Å². The molecule has 24 atom stereocenters. The van der Waals surface area contributed by atoms with Gasteiger partial charge in [-0.15, -0.1) is 0 Å². The van der Waals surface area contributed by atoms with Crippen molar-refractivity contribution in [1.29, 1.82) is 0 Å². The summed E-state index contributed by atoms with van der Waals surface area (Å²) < 4.78 is 183. The second kappa shape index (κ2) is 42.1. The molecule has 5 fully saturated rings. The molecule has 0 aromatic carbocycles. The summed E-state index contributed by atoms with van der Waals surface area (Å²) in [4.78, 5) is 160. The standard InChI is InChI=1S/C65H96N14O37P4S2/c1-31-21-75(62(84)71-51(31)66)57-46(99-16-11-94-6)41(80)36(109-57)25-106-119(92,121)116-45-39(111-60(49(45)102-19-14-97-9)78-24-34(4)56(83)74-65(78)87)28-107-120(93,122)115-44-38(112-61(50(44)103-20-15-98-10)79-30-70-40-52(67)68-29-69-53(40)79)27-105-118(90,91)114-43-37(110-59(48(43)101-18-13-96-8)77-23-33(3)55(82)73-64(77)86)26-104-117(88,89)113-42-35(5)108-58(47(42)100-17-12-95-7)76-22-32(2)54(81)72-63(76)85/h21-24,29-30,35-39,41-50,57-61,80H,11-20,25-28H2,1-10H3,(H,88,89)(H,90,91)(H,92,121)(H,93,122)(H2,66,71,84)(H2,67,68,69)(H,72,81,85)(H,73,82,86)(H,74,83,87)/p-4/t35-,36-,37-,38-,39-,41?,42?,43?,44?,45?,46+,47+,48+,49+,50+,57-,58-,59-,60-,61-,119?,120?/m1/s1. The van der Waals surface area contributed by atoms with E-state index < -0.39 is 224 Å². The summed E-state index contributed by atoms with van der Waals surface area (Å²) in [7, 11) is -5.18. The third kappa shape index (κ3) is 23.2. The van der Waals surface area contributed by atoms with E-state index in [-0.39, 0.29) is 99.0 Å². The van der Waals surface area contributed by atoms with Gasteiger partial charge in [0.15, 0.2) is 49.4 Å². The lowest BCUT2D eigenvalue weighted by molar-refractivity contribution is -0.240. The summed E-state index contributed by atoms with van der Waals surface area (Å²) in [6.07, 6.45) is -26.6. The summed E-state index contributed by atoms with van der Waals surface area (Å²) in [5, 5.41) is 11.7. The van der Waals surface area contributed by atoms with Gasteiger partial charge in [-0.25, -0.2) is 34.1 Å². The maximum atomic E-state index is 15.4. The Balaban J connectivity index is 0.895. The number of anilines is 2. The number of nitrogen functional groups attached to an aromatic ring is 2. The van der Waals surface area contributed by atoms with Crippen LogP contribution in [0.4, 0.5) is 11.6 Å². The molecule has 680 valence electrons. The number of aryl methyl sites for hydroxylation is 4. The zero-order valence-electron chi connectivity index (χ0n) is 66.8. The van der Waals surface area contributed by atoms with Gasteiger partial charge in [0, 0.05) is 82.6 Å². The summed E-state index contributed by atoms with van der Waals surface area (Å²) in [5.74, 6) is -0.213. The van der Waals surface area contributed by atoms with Crippen molar-refractivity contribution in [2.75, 3.05) is 140 Å². The molecule has 57 heteroatoms. The molecule has 11 rings (SSSR count). The molecule has 122 heavy (non-hydrogen) atoms. The van der Waals surface area contributed by atoms with E-state index in [1.54, 1.807) is 6.92 Å². The third-order valence-electron chi connectivity index (χ3n) is 19.5. The molecule has 0 aliphatic carbocycles. The minimum Gasteiger partial charge on any atom is -0.780 e. The number of nitrogens with one attached hydrogen (secondary N) is 3. The molecule has 5 saturated heterocycles. The lowest BCUT2D eigenvalue weighted by Gasteiger charge is -2.36. The van der Waals surface area contributed by atoms with Crippen molar-refractivity contribution < 1.29 is 141 Å². The highest BCUT2D eigenvalue weighted by atomic mass is 32.7. The van der Waals surface area contributed by atoms with Crippen molar-refractivity contribution in [2.45, 2.75) is 157 Å². The van der Waals surface area contributed by atoms with Crippen LogP contribution in [0.3, 0.4) is 0 Å². The number of nitrogens with two attached hydrogens (primary N) is 2. The van der Waals surface area contributed by atoms with Crippen LogP contribution in [-0.2, 0) is 145 Å². The van der Waals surface area contributed by atoms with Gasteiger partial charge in [0.05, 0.1) is 105 Å². The Morgan fingerprint density at radius 3 is 1.29 bits per heavy atom. The number of aromatic nitrogens is 12. The first-order valence-corrected chi connectivity index (χ1v) is 45.2. The molecule has 6 aromatic heterocycles. The van der Waals surface area contributed by atoms with Crippen LogP contribution in [-0.4, -0.2) is 282 Å². The molecule has 0 bridgehead atoms. The van der Waals surface area contributed by atoms with Crippen LogP contribution in [0.5, 0.6) is 0 Å². The van der Waals surface area contributed by atoms with Crippen LogP contribution in [0.25, 0.3) is 11.2 Å².